The number of aldehydes is 1. The molecule has 80 valence electrons. The van der Waals surface area contributed by atoms with E-state index in [0.29, 0.717) is 6.42 Å². The smallest absolute Gasteiger partial charge is 0.124 e. The zero-order chi connectivity index (χ0) is 11.1. The summed E-state index contributed by atoms with van der Waals surface area (Å²) in [5, 5.41) is 2.60. The van der Waals surface area contributed by atoms with E-state index < -0.39 is 0 Å². The molecule has 0 heterocycles. The van der Waals surface area contributed by atoms with Gasteiger partial charge in [-0.3, -0.25) is 0 Å². The molecule has 3 rings (SSSR count). The molecule has 0 fully saturated rings. The standard InChI is InChI=1S/C14H11BrO/c15-12-6-5-10-2-1-9-3-4-11(7-8-16)14(12)13(9)10/h3-6,8H,1-2,7H2. The summed E-state index contributed by atoms with van der Waals surface area (Å²) in [6.45, 7) is 0. The van der Waals surface area contributed by atoms with Crippen molar-refractivity contribution in [3.63, 3.8) is 0 Å². The van der Waals surface area contributed by atoms with E-state index in [1.807, 2.05) is 0 Å². The average molecular weight is 275 g/mol. The van der Waals surface area contributed by atoms with Gasteiger partial charge < -0.3 is 4.79 Å². The fourth-order valence-corrected chi connectivity index (χ4v) is 3.20. The summed E-state index contributed by atoms with van der Waals surface area (Å²) in [5.74, 6) is 0. The SMILES string of the molecule is O=CCc1ccc2c3c(ccc(Br)c13)CC2. The molecule has 1 nitrogen and oxygen atoms in total. The second kappa shape index (κ2) is 3.70. The third-order valence-corrected chi connectivity index (χ3v) is 4.00. The number of halogens is 1. The topological polar surface area (TPSA) is 17.1 Å². The Morgan fingerprint density at radius 2 is 1.75 bits per heavy atom. The zero-order valence-corrected chi connectivity index (χ0v) is 10.4. The van der Waals surface area contributed by atoms with Gasteiger partial charge in [0.15, 0.2) is 0 Å². The maximum atomic E-state index is 10.7. The fourth-order valence-electron chi connectivity index (χ4n) is 2.61. The van der Waals surface area contributed by atoms with Crippen molar-refractivity contribution in [1.29, 1.82) is 0 Å². The maximum Gasteiger partial charge on any atom is 0.124 e. The average Bonchev–Trinajstić information content (AvgIpc) is 2.70. The van der Waals surface area contributed by atoms with Crippen LogP contribution in [0.5, 0.6) is 0 Å². The van der Waals surface area contributed by atoms with Gasteiger partial charge in [0.05, 0.1) is 0 Å². The molecule has 0 N–H and O–H groups in total. The lowest BCUT2D eigenvalue weighted by atomic mass is 9.98. The lowest BCUT2D eigenvalue weighted by molar-refractivity contribution is -0.107. The van der Waals surface area contributed by atoms with Crippen molar-refractivity contribution in [1.82, 2.24) is 0 Å². The molecule has 1 aliphatic carbocycles. The molecule has 0 aromatic heterocycles. The third-order valence-electron chi connectivity index (χ3n) is 3.34. The number of hydrogen-bond acceptors (Lipinski definition) is 1. The highest BCUT2D eigenvalue weighted by atomic mass is 79.9. The van der Waals surface area contributed by atoms with Crippen molar-refractivity contribution in [2.24, 2.45) is 0 Å². The Balaban J connectivity index is 2.43. The first-order valence-electron chi connectivity index (χ1n) is 5.46. The summed E-state index contributed by atoms with van der Waals surface area (Å²) in [7, 11) is 0. The molecule has 0 radical (unpaired) electrons. The van der Waals surface area contributed by atoms with Gasteiger partial charge in [0.25, 0.3) is 0 Å². The van der Waals surface area contributed by atoms with Gasteiger partial charge in [-0.05, 0) is 41.0 Å². The number of rotatable bonds is 2. The second-order valence-corrected chi connectivity index (χ2v) is 5.07. The van der Waals surface area contributed by atoms with E-state index in [-0.39, 0.29) is 0 Å². The van der Waals surface area contributed by atoms with Crippen LogP contribution in [0.25, 0.3) is 10.8 Å². The van der Waals surface area contributed by atoms with Gasteiger partial charge in [0.2, 0.25) is 0 Å². The van der Waals surface area contributed by atoms with Gasteiger partial charge in [0.1, 0.15) is 6.29 Å². The van der Waals surface area contributed by atoms with Crippen LogP contribution in [0.2, 0.25) is 0 Å². The Morgan fingerprint density at radius 1 is 1.06 bits per heavy atom. The number of benzene rings is 2. The normalized spacial score (nSPS) is 13.3. The van der Waals surface area contributed by atoms with Crippen LogP contribution in [0.3, 0.4) is 0 Å². The third kappa shape index (κ3) is 1.33. The van der Waals surface area contributed by atoms with Crippen molar-refractivity contribution < 1.29 is 4.79 Å². The van der Waals surface area contributed by atoms with Crippen LogP contribution in [0.1, 0.15) is 16.7 Å². The van der Waals surface area contributed by atoms with Gasteiger partial charge in [-0.15, -0.1) is 0 Å². The maximum absolute atomic E-state index is 10.7. The van der Waals surface area contributed by atoms with Crippen LogP contribution in [0.4, 0.5) is 0 Å². The predicted octanol–water partition coefficient (Wildman–Crippen LogP) is 3.44. The number of aryl methyl sites for hydroxylation is 2. The van der Waals surface area contributed by atoms with Crippen LogP contribution in [-0.2, 0) is 24.1 Å². The first-order chi connectivity index (χ1) is 7.81. The Labute approximate surface area is 103 Å². The monoisotopic (exact) mass is 274 g/mol. The van der Waals surface area contributed by atoms with Gasteiger partial charge in [-0.2, -0.15) is 0 Å². The minimum Gasteiger partial charge on any atom is -0.303 e. The summed E-state index contributed by atoms with van der Waals surface area (Å²) in [6, 6.07) is 8.55. The largest absolute Gasteiger partial charge is 0.303 e. The number of hydrogen-bond donors (Lipinski definition) is 0. The quantitative estimate of drug-likeness (QED) is 0.767. The van der Waals surface area contributed by atoms with Crippen LogP contribution in [0, 0.1) is 0 Å². The van der Waals surface area contributed by atoms with Crippen molar-refractivity contribution in [3.05, 3.63) is 45.4 Å². The lowest BCUT2D eigenvalue weighted by Crippen LogP contribution is -1.91. The van der Waals surface area contributed by atoms with Gasteiger partial charge in [-0.25, -0.2) is 0 Å². The van der Waals surface area contributed by atoms with Crippen molar-refractivity contribution in [2.75, 3.05) is 0 Å². The highest BCUT2D eigenvalue weighted by Crippen LogP contribution is 2.37. The molecule has 2 aromatic rings. The Bertz CT molecular complexity index is 577. The van der Waals surface area contributed by atoms with Crippen LogP contribution >= 0.6 is 15.9 Å². The van der Waals surface area contributed by atoms with Crippen molar-refractivity contribution in [2.45, 2.75) is 19.3 Å². The van der Waals surface area contributed by atoms with Gasteiger partial charge in [-0.1, -0.05) is 34.1 Å². The molecule has 0 bridgehead atoms. The first kappa shape index (κ1) is 10.0. The Kier molecular flexibility index (Phi) is 2.32. The summed E-state index contributed by atoms with van der Waals surface area (Å²) < 4.78 is 1.10. The summed E-state index contributed by atoms with van der Waals surface area (Å²) in [6.07, 6.45) is 3.73. The molecule has 16 heavy (non-hydrogen) atoms. The van der Waals surface area contributed by atoms with E-state index >= 15 is 0 Å². The molecular weight excluding hydrogens is 264 g/mol. The molecule has 0 saturated heterocycles. The second-order valence-electron chi connectivity index (χ2n) is 4.21. The molecule has 0 atom stereocenters. The molecule has 0 amide bonds. The van der Waals surface area contributed by atoms with Gasteiger partial charge >= 0.3 is 0 Å². The minimum atomic E-state index is 0.499. The minimum absolute atomic E-state index is 0.499. The molecule has 0 aliphatic heterocycles. The van der Waals surface area contributed by atoms with E-state index in [2.05, 4.69) is 40.2 Å². The van der Waals surface area contributed by atoms with Crippen LogP contribution < -0.4 is 0 Å². The predicted molar refractivity (Wildman–Crippen MR) is 68.8 cm³/mol. The molecule has 2 aromatic carbocycles. The highest BCUT2D eigenvalue weighted by molar-refractivity contribution is 9.10. The zero-order valence-electron chi connectivity index (χ0n) is 8.79. The van der Waals surface area contributed by atoms with Gasteiger partial charge in [0, 0.05) is 16.3 Å². The van der Waals surface area contributed by atoms with Crippen LogP contribution in [0.15, 0.2) is 28.7 Å². The summed E-state index contributed by atoms with van der Waals surface area (Å²) in [4.78, 5) is 10.7. The molecule has 0 saturated carbocycles. The Hall–Kier alpha value is -1.15. The summed E-state index contributed by atoms with van der Waals surface area (Å²) in [5.41, 5.74) is 3.96. The summed E-state index contributed by atoms with van der Waals surface area (Å²) >= 11 is 3.60. The van der Waals surface area contributed by atoms with Crippen molar-refractivity contribution >= 4 is 33.0 Å². The van der Waals surface area contributed by atoms with E-state index in [1.54, 1.807) is 0 Å². The molecular formula is C14H11BrO. The van der Waals surface area contributed by atoms with E-state index in [4.69, 9.17) is 0 Å². The number of carbonyl (C=O) groups excluding carboxylic acids is 1. The number of carbonyl (C=O) groups is 1. The molecule has 0 spiro atoms. The molecule has 0 unspecified atom stereocenters. The molecule has 2 heteroatoms. The lowest BCUT2D eigenvalue weighted by Gasteiger charge is -2.08. The Morgan fingerprint density at radius 3 is 2.44 bits per heavy atom. The van der Waals surface area contributed by atoms with Crippen LogP contribution in [-0.4, -0.2) is 6.29 Å². The fraction of sp³-hybridized carbons (Fsp3) is 0.214. The van der Waals surface area contributed by atoms with E-state index in [0.717, 1.165) is 29.2 Å². The van der Waals surface area contributed by atoms with Crippen molar-refractivity contribution in [3.8, 4) is 0 Å². The highest BCUT2D eigenvalue weighted by Gasteiger charge is 2.17. The van der Waals surface area contributed by atoms with E-state index in [9.17, 15) is 4.79 Å². The molecule has 1 aliphatic rings. The van der Waals surface area contributed by atoms with E-state index in [1.165, 1.54) is 21.9 Å². The first-order valence-corrected chi connectivity index (χ1v) is 6.26.